The largest absolute Gasteiger partial charge is 0.103 e. The van der Waals surface area contributed by atoms with Gasteiger partial charge in [0.1, 0.15) is 0 Å². The summed E-state index contributed by atoms with van der Waals surface area (Å²) in [4.78, 5) is 0. The van der Waals surface area contributed by atoms with Gasteiger partial charge in [-0.15, -0.1) is 6.58 Å². The third-order valence-electron chi connectivity index (χ3n) is 0.903. The van der Waals surface area contributed by atoms with Gasteiger partial charge in [0, 0.05) is 0 Å². The fourth-order valence-corrected chi connectivity index (χ4v) is 0.407. The van der Waals surface area contributed by atoms with Crippen LogP contribution < -0.4 is 0 Å². The summed E-state index contributed by atoms with van der Waals surface area (Å²) in [5, 5.41) is 0. The van der Waals surface area contributed by atoms with Crippen molar-refractivity contribution in [2.45, 2.75) is 13.3 Å². The van der Waals surface area contributed by atoms with Gasteiger partial charge in [0.2, 0.25) is 0 Å². The minimum absolute atomic E-state index is 0.937. The molecule has 0 nitrogen and oxygen atoms in total. The highest BCUT2D eigenvalue weighted by Crippen LogP contribution is 1.81. The molecule has 0 heteroatoms. The molecule has 0 spiro atoms. The molecule has 0 aromatic carbocycles. The number of rotatable bonds is 4. The normalized spacial score (nSPS) is 9.08. The SMILES string of the molecule is C=C/C=C\C.C=C/C=C\CC=C. The van der Waals surface area contributed by atoms with E-state index in [1.165, 1.54) is 0 Å². The summed E-state index contributed by atoms with van der Waals surface area (Å²) < 4.78 is 0. The number of hydrogen-bond donors (Lipinski definition) is 0. The monoisotopic (exact) mass is 162 g/mol. The maximum atomic E-state index is 3.55. The van der Waals surface area contributed by atoms with Crippen molar-refractivity contribution in [1.82, 2.24) is 0 Å². The third kappa shape index (κ3) is 23.4. The predicted molar refractivity (Wildman–Crippen MR) is 59.2 cm³/mol. The van der Waals surface area contributed by atoms with Crippen molar-refractivity contribution in [3.63, 3.8) is 0 Å². The Bertz CT molecular complexity index is 159. The van der Waals surface area contributed by atoms with E-state index in [9.17, 15) is 0 Å². The molecule has 0 aliphatic carbocycles. The van der Waals surface area contributed by atoms with Crippen LogP contribution in [0.15, 0.2) is 62.3 Å². The summed E-state index contributed by atoms with van der Waals surface area (Å²) in [7, 11) is 0. The van der Waals surface area contributed by atoms with E-state index in [2.05, 4.69) is 19.7 Å². The molecule has 0 unspecified atom stereocenters. The van der Waals surface area contributed by atoms with Crippen molar-refractivity contribution in [2.24, 2.45) is 0 Å². The van der Waals surface area contributed by atoms with Gasteiger partial charge in [-0.2, -0.15) is 0 Å². The van der Waals surface area contributed by atoms with Gasteiger partial charge < -0.3 is 0 Å². The molecule has 0 amide bonds. The molecule has 0 radical (unpaired) electrons. The molecule has 0 atom stereocenters. The zero-order chi connectivity index (χ0) is 9.66. The highest BCUT2D eigenvalue weighted by Gasteiger charge is 1.59. The summed E-state index contributed by atoms with van der Waals surface area (Å²) in [6, 6.07) is 0. The molecule has 0 aromatic heterocycles. The molecular weight excluding hydrogens is 144 g/mol. The highest BCUT2D eigenvalue weighted by atomic mass is 13.7. The Morgan fingerprint density at radius 1 is 1.00 bits per heavy atom. The van der Waals surface area contributed by atoms with Crippen molar-refractivity contribution < 1.29 is 0 Å². The predicted octanol–water partition coefficient (Wildman–Crippen LogP) is 4.05. The van der Waals surface area contributed by atoms with Gasteiger partial charge in [-0.25, -0.2) is 0 Å². The Labute approximate surface area is 76.3 Å². The smallest absolute Gasteiger partial charge is 0.0169 e. The van der Waals surface area contributed by atoms with Crippen LogP contribution >= 0.6 is 0 Å². The average molecular weight is 162 g/mol. The maximum absolute atomic E-state index is 3.55. The first kappa shape index (κ1) is 13.3. The first-order valence-corrected chi connectivity index (χ1v) is 3.95. The van der Waals surface area contributed by atoms with E-state index in [0.29, 0.717) is 0 Å². The Hall–Kier alpha value is -1.30. The first-order chi connectivity index (χ1) is 5.83. The van der Waals surface area contributed by atoms with E-state index in [-0.39, 0.29) is 0 Å². The van der Waals surface area contributed by atoms with E-state index >= 15 is 0 Å². The number of hydrogen-bond acceptors (Lipinski definition) is 0. The summed E-state index contributed by atoms with van der Waals surface area (Å²) in [5.41, 5.74) is 0. The second kappa shape index (κ2) is 16.4. The highest BCUT2D eigenvalue weighted by molar-refractivity contribution is 4.99. The zero-order valence-electron chi connectivity index (χ0n) is 7.87. The van der Waals surface area contributed by atoms with Crippen LogP contribution in [0, 0.1) is 0 Å². The molecule has 0 aliphatic heterocycles. The van der Waals surface area contributed by atoms with Crippen LogP contribution in [0.4, 0.5) is 0 Å². The second-order valence-electron chi connectivity index (χ2n) is 1.95. The van der Waals surface area contributed by atoms with Crippen LogP contribution in [0.25, 0.3) is 0 Å². The molecule has 0 fully saturated rings. The lowest BCUT2D eigenvalue weighted by Crippen LogP contribution is -1.50. The fourth-order valence-electron chi connectivity index (χ4n) is 0.407. The lowest BCUT2D eigenvalue weighted by Gasteiger charge is -1.71. The molecule has 66 valence electrons. The molecule has 12 heavy (non-hydrogen) atoms. The maximum Gasteiger partial charge on any atom is -0.0169 e. The quantitative estimate of drug-likeness (QED) is 0.432. The Balaban J connectivity index is 0. The molecule has 0 rings (SSSR count). The van der Waals surface area contributed by atoms with E-state index in [1.807, 2.05) is 37.3 Å². The molecule has 0 saturated heterocycles. The lowest BCUT2D eigenvalue weighted by molar-refractivity contribution is 1.41. The van der Waals surface area contributed by atoms with Gasteiger partial charge >= 0.3 is 0 Å². The fraction of sp³-hybridized carbons (Fsp3) is 0.167. The van der Waals surface area contributed by atoms with Crippen LogP contribution in [-0.2, 0) is 0 Å². The van der Waals surface area contributed by atoms with Crippen LogP contribution in [0.5, 0.6) is 0 Å². The van der Waals surface area contributed by atoms with Crippen LogP contribution in [-0.4, -0.2) is 0 Å². The zero-order valence-corrected chi connectivity index (χ0v) is 7.87. The Kier molecular flexibility index (Phi) is 18.1. The van der Waals surface area contributed by atoms with E-state index in [4.69, 9.17) is 0 Å². The lowest BCUT2D eigenvalue weighted by atomic mass is 10.4. The van der Waals surface area contributed by atoms with Gasteiger partial charge in [-0.3, -0.25) is 0 Å². The van der Waals surface area contributed by atoms with Crippen LogP contribution in [0.1, 0.15) is 13.3 Å². The van der Waals surface area contributed by atoms with Gasteiger partial charge in [0.15, 0.2) is 0 Å². The average Bonchev–Trinajstić information content (AvgIpc) is 2.08. The summed E-state index contributed by atoms with van der Waals surface area (Å²) in [6.45, 7) is 12.5. The summed E-state index contributed by atoms with van der Waals surface area (Å²) >= 11 is 0. The van der Waals surface area contributed by atoms with Crippen molar-refractivity contribution in [3.05, 3.63) is 62.3 Å². The molecule has 0 N–H and O–H groups in total. The van der Waals surface area contributed by atoms with Gasteiger partial charge in [0.05, 0.1) is 0 Å². The van der Waals surface area contributed by atoms with Crippen molar-refractivity contribution in [3.8, 4) is 0 Å². The van der Waals surface area contributed by atoms with Gasteiger partial charge in [-0.05, 0) is 13.3 Å². The van der Waals surface area contributed by atoms with Gasteiger partial charge in [0.25, 0.3) is 0 Å². The van der Waals surface area contributed by atoms with Crippen molar-refractivity contribution in [1.29, 1.82) is 0 Å². The van der Waals surface area contributed by atoms with Crippen LogP contribution in [0.3, 0.4) is 0 Å². The van der Waals surface area contributed by atoms with E-state index in [0.717, 1.165) is 6.42 Å². The molecule has 0 aliphatic rings. The molecule has 0 aromatic rings. The first-order valence-electron chi connectivity index (χ1n) is 3.95. The van der Waals surface area contributed by atoms with Crippen molar-refractivity contribution in [2.75, 3.05) is 0 Å². The Morgan fingerprint density at radius 2 is 1.58 bits per heavy atom. The van der Waals surface area contributed by atoms with E-state index in [1.54, 1.807) is 12.2 Å². The van der Waals surface area contributed by atoms with Crippen LogP contribution in [0.2, 0.25) is 0 Å². The van der Waals surface area contributed by atoms with E-state index < -0.39 is 0 Å². The topological polar surface area (TPSA) is 0 Å². The third-order valence-corrected chi connectivity index (χ3v) is 0.903. The van der Waals surface area contributed by atoms with Crippen molar-refractivity contribution >= 4 is 0 Å². The minimum atomic E-state index is 0.937. The number of allylic oxidation sites excluding steroid dienone is 7. The molecule has 0 bridgehead atoms. The molecule has 0 saturated carbocycles. The standard InChI is InChI=1S/C7H10.C5H8/c1-3-5-7-6-4-2;1-3-5-4-2/h3-5,7H,1-2,6H2;3-5H,1H2,2H3/b7-5-;5-4-. The molecular formula is C12H18. The second-order valence-corrected chi connectivity index (χ2v) is 1.95. The van der Waals surface area contributed by atoms with Gasteiger partial charge in [-0.1, -0.05) is 55.7 Å². The molecule has 0 heterocycles. The Morgan fingerprint density at radius 3 is 1.83 bits per heavy atom. The minimum Gasteiger partial charge on any atom is -0.103 e. The summed E-state index contributed by atoms with van der Waals surface area (Å²) in [6.07, 6.45) is 14.0. The summed E-state index contributed by atoms with van der Waals surface area (Å²) in [5.74, 6) is 0.